The van der Waals surface area contributed by atoms with Gasteiger partial charge in [0.1, 0.15) is 5.67 Å². The standard InChI is InChI=1S/C14H24BFO2.C2H6/c1-11(2)8-10(9-14(11,7)16)15-17-12(3,4)13(5,6)18-15;1-2/h9H,8H2,1-7H3;1-2H3. The molecule has 1 heterocycles. The van der Waals surface area contributed by atoms with E-state index < -0.39 is 18.2 Å². The van der Waals surface area contributed by atoms with Gasteiger partial charge in [-0.25, -0.2) is 4.39 Å². The maximum Gasteiger partial charge on any atom is 0.490 e. The molecule has 2 rings (SSSR count). The third-order valence-electron chi connectivity index (χ3n) is 4.98. The number of hydrogen-bond acceptors (Lipinski definition) is 2. The van der Waals surface area contributed by atoms with Crippen LogP contribution in [0.4, 0.5) is 4.39 Å². The first-order chi connectivity index (χ1) is 8.88. The Hall–Kier alpha value is -0.345. The van der Waals surface area contributed by atoms with Crippen LogP contribution < -0.4 is 0 Å². The Balaban J connectivity index is 0.000000956. The van der Waals surface area contributed by atoms with Crippen molar-refractivity contribution in [2.24, 2.45) is 5.41 Å². The molecule has 0 spiro atoms. The molecule has 116 valence electrons. The molecule has 1 saturated heterocycles. The minimum absolute atomic E-state index is 0.363. The first kappa shape index (κ1) is 17.7. The van der Waals surface area contributed by atoms with Gasteiger partial charge in [-0.2, -0.15) is 0 Å². The molecule has 1 aliphatic heterocycles. The van der Waals surface area contributed by atoms with E-state index in [0.29, 0.717) is 6.42 Å². The van der Waals surface area contributed by atoms with Gasteiger partial charge in [-0.15, -0.1) is 0 Å². The van der Waals surface area contributed by atoms with E-state index in [1.165, 1.54) is 0 Å². The van der Waals surface area contributed by atoms with Gasteiger partial charge in [-0.3, -0.25) is 0 Å². The Labute approximate surface area is 124 Å². The molecule has 1 atom stereocenters. The predicted molar refractivity (Wildman–Crippen MR) is 83.4 cm³/mol. The van der Waals surface area contributed by atoms with E-state index in [0.717, 1.165) is 5.47 Å². The minimum atomic E-state index is -1.30. The molecule has 2 aliphatic rings. The van der Waals surface area contributed by atoms with Crippen molar-refractivity contribution in [2.45, 2.75) is 85.6 Å². The first-order valence-corrected chi connectivity index (χ1v) is 7.64. The molecule has 20 heavy (non-hydrogen) atoms. The van der Waals surface area contributed by atoms with Gasteiger partial charge < -0.3 is 9.31 Å². The second-order valence-corrected chi connectivity index (χ2v) is 7.44. The lowest BCUT2D eigenvalue weighted by Crippen LogP contribution is -2.41. The Kier molecular flexibility index (Phi) is 4.54. The molecule has 0 saturated carbocycles. The van der Waals surface area contributed by atoms with Gasteiger partial charge in [-0.05, 0) is 46.5 Å². The van der Waals surface area contributed by atoms with E-state index in [1.807, 2.05) is 55.4 Å². The zero-order valence-corrected chi connectivity index (χ0v) is 14.6. The molecular formula is C16H30BFO2. The van der Waals surface area contributed by atoms with Crippen molar-refractivity contribution in [3.8, 4) is 0 Å². The smallest absolute Gasteiger partial charge is 0.400 e. The maximum atomic E-state index is 14.5. The highest BCUT2D eigenvalue weighted by Gasteiger charge is 2.56. The summed E-state index contributed by atoms with van der Waals surface area (Å²) in [6, 6.07) is 0. The van der Waals surface area contributed by atoms with Crippen LogP contribution in [0.1, 0.15) is 68.7 Å². The average molecular weight is 284 g/mol. The molecule has 0 aromatic heterocycles. The molecule has 2 nitrogen and oxygen atoms in total. The third kappa shape index (κ3) is 2.82. The third-order valence-corrected chi connectivity index (χ3v) is 4.98. The SMILES string of the molecule is CC.CC1(F)C=C(B2OC(C)(C)C(C)(C)O2)CC1(C)C. The van der Waals surface area contributed by atoms with Crippen LogP contribution >= 0.6 is 0 Å². The Morgan fingerprint density at radius 1 is 0.950 bits per heavy atom. The summed E-state index contributed by atoms with van der Waals surface area (Å²) in [5.74, 6) is 0. The van der Waals surface area contributed by atoms with Crippen LogP contribution in [-0.2, 0) is 9.31 Å². The maximum absolute atomic E-state index is 14.5. The second kappa shape index (κ2) is 5.13. The van der Waals surface area contributed by atoms with E-state index in [4.69, 9.17) is 9.31 Å². The summed E-state index contributed by atoms with van der Waals surface area (Å²) in [7, 11) is -0.410. The van der Waals surface area contributed by atoms with E-state index in [2.05, 4.69) is 0 Å². The lowest BCUT2D eigenvalue weighted by atomic mass is 9.73. The molecule has 1 aliphatic carbocycles. The normalized spacial score (nSPS) is 33.5. The monoisotopic (exact) mass is 284 g/mol. The largest absolute Gasteiger partial charge is 0.490 e. The predicted octanol–water partition coefficient (Wildman–Crippen LogP) is 4.73. The van der Waals surface area contributed by atoms with Gasteiger partial charge in [-0.1, -0.05) is 33.8 Å². The fraction of sp³-hybridized carbons (Fsp3) is 0.875. The van der Waals surface area contributed by atoms with Crippen molar-refractivity contribution in [2.75, 3.05) is 0 Å². The van der Waals surface area contributed by atoms with E-state index in [-0.39, 0.29) is 11.2 Å². The zero-order valence-electron chi connectivity index (χ0n) is 14.6. The van der Waals surface area contributed by atoms with Crippen molar-refractivity contribution in [3.63, 3.8) is 0 Å². The highest BCUT2D eigenvalue weighted by Crippen LogP contribution is 2.50. The van der Waals surface area contributed by atoms with Crippen LogP contribution in [0, 0.1) is 5.41 Å². The quantitative estimate of drug-likeness (QED) is 0.648. The molecule has 0 bridgehead atoms. The molecule has 4 heteroatoms. The highest BCUT2D eigenvalue weighted by molar-refractivity contribution is 6.54. The van der Waals surface area contributed by atoms with Crippen molar-refractivity contribution in [1.82, 2.24) is 0 Å². The summed E-state index contributed by atoms with van der Waals surface area (Å²) in [5.41, 5.74) is -1.49. The summed E-state index contributed by atoms with van der Waals surface area (Å²) in [5, 5.41) is 0. The Morgan fingerprint density at radius 2 is 1.35 bits per heavy atom. The second-order valence-electron chi connectivity index (χ2n) is 7.44. The summed E-state index contributed by atoms with van der Waals surface area (Å²) in [6.07, 6.45) is 2.37. The van der Waals surface area contributed by atoms with Crippen molar-refractivity contribution in [1.29, 1.82) is 0 Å². The van der Waals surface area contributed by atoms with Crippen molar-refractivity contribution in [3.05, 3.63) is 11.5 Å². The number of allylic oxidation sites excluding steroid dienone is 2. The number of alkyl halides is 1. The topological polar surface area (TPSA) is 18.5 Å². The van der Waals surface area contributed by atoms with Crippen LogP contribution in [0.2, 0.25) is 0 Å². The van der Waals surface area contributed by atoms with Gasteiger partial charge in [0.15, 0.2) is 0 Å². The molecule has 0 aromatic rings. The van der Waals surface area contributed by atoms with Gasteiger partial charge in [0.2, 0.25) is 0 Å². The molecular weight excluding hydrogens is 254 g/mol. The molecule has 0 amide bonds. The molecule has 0 radical (unpaired) electrons. The van der Waals surface area contributed by atoms with Crippen LogP contribution in [-0.4, -0.2) is 24.0 Å². The summed E-state index contributed by atoms with van der Waals surface area (Å²) >= 11 is 0. The lowest BCUT2D eigenvalue weighted by molar-refractivity contribution is 0.00578. The summed E-state index contributed by atoms with van der Waals surface area (Å²) in [6.45, 7) is 17.6. The fourth-order valence-electron chi connectivity index (χ4n) is 2.42. The summed E-state index contributed by atoms with van der Waals surface area (Å²) < 4.78 is 26.4. The van der Waals surface area contributed by atoms with Gasteiger partial charge in [0.05, 0.1) is 11.2 Å². The molecule has 0 N–H and O–H groups in total. The number of halogens is 1. The number of rotatable bonds is 1. The fourth-order valence-corrected chi connectivity index (χ4v) is 2.42. The minimum Gasteiger partial charge on any atom is -0.400 e. The van der Waals surface area contributed by atoms with Crippen LogP contribution in [0.25, 0.3) is 0 Å². The lowest BCUT2D eigenvalue weighted by Gasteiger charge is -2.32. The Morgan fingerprint density at radius 3 is 1.65 bits per heavy atom. The van der Waals surface area contributed by atoms with Gasteiger partial charge >= 0.3 is 7.12 Å². The van der Waals surface area contributed by atoms with E-state index in [9.17, 15) is 4.39 Å². The van der Waals surface area contributed by atoms with Crippen LogP contribution in [0.5, 0.6) is 0 Å². The average Bonchev–Trinajstić information content (AvgIpc) is 2.61. The number of hydrogen-bond donors (Lipinski definition) is 0. The first-order valence-electron chi connectivity index (χ1n) is 7.64. The van der Waals surface area contributed by atoms with Gasteiger partial charge in [0.25, 0.3) is 0 Å². The van der Waals surface area contributed by atoms with E-state index in [1.54, 1.807) is 13.0 Å². The zero-order chi connectivity index (χ0) is 16.0. The van der Waals surface area contributed by atoms with E-state index >= 15 is 0 Å². The molecule has 1 fully saturated rings. The van der Waals surface area contributed by atoms with Gasteiger partial charge in [0, 0.05) is 5.41 Å². The highest BCUT2D eigenvalue weighted by atomic mass is 19.1. The van der Waals surface area contributed by atoms with Crippen LogP contribution in [0.3, 0.4) is 0 Å². The summed E-state index contributed by atoms with van der Waals surface area (Å²) in [4.78, 5) is 0. The van der Waals surface area contributed by atoms with Crippen molar-refractivity contribution >= 4 is 7.12 Å². The van der Waals surface area contributed by atoms with Crippen molar-refractivity contribution < 1.29 is 13.7 Å². The molecule has 0 aromatic carbocycles. The molecule has 1 unspecified atom stereocenters. The van der Waals surface area contributed by atoms with Crippen LogP contribution in [0.15, 0.2) is 11.5 Å². The Bertz CT molecular complexity index is 381.